The van der Waals surface area contributed by atoms with Gasteiger partial charge in [-0.05, 0) is 38.8 Å². The van der Waals surface area contributed by atoms with Crippen LogP contribution in [0.2, 0.25) is 0 Å². The molecule has 0 aliphatic rings. The van der Waals surface area contributed by atoms with Gasteiger partial charge in [0.15, 0.2) is 0 Å². The zero-order valence-electron chi connectivity index (χ0n) is 15.1. The van der Waals surface area contributed by atoms with Crippen molar-refractivity contribution < 1.29 is 9.72 Å². The first-order valence-corrected chi connectivity index (χ1v) is 8.28. The number of nitrogens with zero attached hydrogens (tertiary/aromatic N) is 4. The summed E-state index contributed by atoms with van der Waals surface area (Å²) < 4.78 is 1.79. The van der Waals surface area contributed by atoms with Crippen molar-refractivity contribution in [3.05, 3.63) is 50.8 Å². The van der Waals surface area contributed by atoms with Crippen LogP contribution in [0.1, 0.15) is 35.4 Å². The number of benzene rings is 1. The topological polar surface area (TPSA) is 114 Å². The molecule has 0 unspecified atom stereocenters. The van der Waals surface area contributed by atoms with Crippen LogP contribution in [0.5, 0.6) is 0 Å². The van der Waals surface area contributed by atoms with E-state index in [1.165, 1.54) is 6.07 Å². The van der Waals surface area contributed by atoms with Crippen LogP contribution in [-0.4, -0.2) is 20.6 Å². The number of carbonyl (C=O) groups excluding carboxylic acids is 1. The van der Waals surface area contributed by atoms with Crippen LogP contribution >= 0.6 is 0 Å². The van der Waals surface area contributed by atoms with Crippen molar-refractivity contribution in [3.8, 4) is 6.07 Å². The van der Waals surface area contributed by atoms with Crippen LogP contribution in [-0.2, 0) is 17.8 Å². The fourth-order valence-electron chi connectivity index (χ4n) is 2.82. The highest BCUT2D eigenvalue weighted by atomic mass is 16.6. The van der Waals surface area contributed by atoms with E-state index < -0.39 is 4.92 Å². The summed E-state index contributed by atoms with van der Waals surface area (Å²) in [4.78, 5) is 22.7. The van der Waals surface area contributed by atoms with E-state index in [1.807, 2.05) is 13.8 Å². The highest BCUT2D eigenvalue weighted by Crippen LogP contribution is 2.22. The Hall–Kier alpha value is -3.21. The standard InChI is InChI=1S/C18H21N5O3/c1-12-5-6-15(11-17(12)23(25)26)20-18(24)8-7-16-13(2)21-22(14(16)3)10-4-9-19/h5-6,11H,4,7-8,10H2,1-3H3,(H,20,24). The molecule has 0 bridgehead atoms. The van der Waals surface area contributed by atoms with Crippen LogP contribution in [0, 0.1) is 42.2 Å². The predicted molar refractivity (Wildman–Crippen MR) is 96.7 cm³/mol. The molecule has 136 valence electrons. The van der Waals surface area contributed by atoms with Crippen LogP contribution in [0.3, 0.4) is 0 Å². The second kappa shape index (κ2) is 8.25. The number of nitriles is 1. The third-order valence-corrected chi connectivity index (χ3v) is 4.26. The Kier molecular flexibility index (Phi) is 6.07. The molecular weight excluding hydrogens is 334 g/mol. The van der Waals surface area contributed by atoms with Crippen molar-refractivity contribution in [3.63, 3.8) is 0 Å². The third kappa shape index (κ3) is 4.45. The van der Waals surface area contributed by atoms with Gasteiger partial charge in [0.1, 0.15) is 0 Å². The molecule has 0 fully saturated rings. The summed E-state index contributed by atoms with van der Waals surface area (Å²) >= 11 is 0. The summed E-state index contributed by atoms with van der Waals surface area (Å²) in [5, 5.41) is 26.8. The molecule has 2 aromatic rings. The monoisotopic (exact) mass is 355 g/mol. The molecule has 0 saturated carbocycles. The molecule has 1 amide bonds. The number of nitrogens with one attached hydrogen (secondary N) is 1. The largest absolute Gasteiger partial charge is 0.326 e. The first-order valence-electron chi connectivity index (χ1n) is 8.28. The van der Waals surface area contributed by atoms with Gasteiger partial charge in [-0.1, -0.05) is 6.07 Å². The van der Waals surface area contributed by atoms with Crippen LogP contribution < -0.4 is 5.32 Å². The average molecular weight is 355 g/mol. The van der Waals surface area contributed by atoms with E-state index in [0.29, 0.717) is 30.6 Å². The smallest absolute Gasteiger partial charge is 0.274 e. The summed E-state index contributed by atoms with van der Waals surface area (Å²) in [6.45, 7) is 5.99. The average Bonchev–Trinajstić information content (AvgIpc) is 2.86. The Balaban J connectivity index is 2.02. The molecule has 1 heterocycles. The Morgan fingerprint density at radius 2 is 2.12 bits per heavy atom. The van der Waals surface area contributed by atoms with Gasteiger partial charge >= 0.3 is 0 Å². The zero-order chi connectivity index (χ0) is 19.3. The molecule has 0 atom stereocenters. The summed E-state index contributed by atoms with van der Waals surface area (Å²) in [5.74, 6) is -0.216. The minimum Gasteiger partial charge on any atom is -0.326 e. The normalized spacial score (nSPS) is 10.4. The number of nitro benzene ring substituents is 1. The van der Waals surface area contributed by atoms with E-state index in [1.54, 1.807) is 23.7 Å². The first-order chi connectivity index (χ1) is 12.3. The molecule has 0 saturated heterocycles. The molecule has 0 aliphatic carbocycles. The van der Waals surface area contributed by atoms with Gasteiger partial charge in [0.25, 0.3) is 5.69 Å². The quantitative estimate of drug-likeness (QED) is 0.605. The molecule has 8 heteroatoms. The van der Waals surface area contributed by atoms with Crippen LogP contribution in [0.4, 0.5) is 11.4 Å². The number of rotatable bonds is 7. The van der Waals surface area contributed by atoms with Gasteiger partial charge in [0, 0.05) is 29.4 Å². The highest BCUT2D eigenvalue weighted by molar-refractivity contribution is 5.91. The van der Waals surface area contributed by atoms with Crippen LogP contribution in [0.25, 0.3) is 0 Å². The summed E-state index contributed by atoms with van der Waals surface area (Å²) in [6.07, 6.45) is 1.14. The predicted octanol–water partition coefficient (Wildman–Crippen LogP) is 3.20. The Morgan fingerprint density at radius 3 is 2.77 bits per heavy atom. The van der Waals surface area contributed by atoms with Gasteiger partial charge in [0.05, 0.1) is 29.7 Å². The molecule has 0 aliphatic heterocycles. The summed E-state index contributed by atoms with van der Waals surface area (Å²) in [6, 6.07) is 6.72. The second-order valence-corrected chi connectivity index (χ2v) is 6.09. The molecule has 1 aromatic carbocycles. The Labute approximate surface area is 151 Å². The maximum Gasteiger partial charge on any atom is 0.274 e. The summed E-state index contributed by atoms with van der Waals surface area (Å²) in [7, 11) is 0. The highest BCUT2D eigenvalue weighted by Gasteiger charge is 2.15. The van der Waals surface area contributed by atoms with Crippen molar-refractivity contribution in [2.24, 2.45) is 0 Å². The molecule has 26 heavy (non-hydrogen) atoms. The van der Waals surface area contributed by atoms with E-state index >= 15 is 0 Å². The molecule has 2 rings (SSSR count). The van der Waals surface area contributed by atoms with Gasteiger partial charge < -0.3 is 5.32 Å². The molecular formula is C18H21N5O3. The first kappa shape index (κ1) is 19.1. The van der Waals surface area contributed by atoms with E-state index in [0.717, 1.165) is 17.0 Å². The maximum atomic E-state index is 12.2. The number of hydrogen-bond donors (Lipinski definition) is 1. The lowest BCUT2D eigenvalue weighted by molar-refractivity contribution is -0.385. The van der Waals surface area contributed by atoms with Crippen molar-refractivity contribution in [1.82, 2.24) is 9.78 Å². The number of nitro groups is 1. The lowest BCUT2D eigenvalue weighted by atomic mass is 10.1. The minimum atomic E-state index is -0.465. The number of anilines is 1. The summed E-state index contributed by atoms with van der Waals surface area (Å²) in [5.41, 5.74) is 3.73. The van der Waals surface area contributed by atoms with Gasteiger partial charge in [-0.3, -0.25) is 19.6 Å². The fourth-order valence-corrected chi connectivity index (χ4v) is 2.82. The SMILES string of the molecule is Cc1ccc(NC(=O)CCc2c(C)nn(CCC#N)c2C)cc1[N+](=O)[O-]. The lowest BCUT2D eigenvalue weighted by Gasteiger charge is -2.07. The van der Waals surface area contributed by atoms with E-state index in [-0.39, 0.29) is 18.0 Å². The molecule has 0 spiro atoms. The van der Waals surface area contributed by atoms with E-state index in [2.05, 4.69) is 16.5 Å². The maximum absolute atomic E-state index is 12.2. The molecule has 0 radical (unpaired) electrons. The van der Waals surface area contributed by atoms with Crippen molar-refractivity contribution in [2.75, 3.05) is 5.32 Å². The minimum absolute atomic E-state index is 0.0201. The second-order valence-electron chi connectivity index (χ2n) is 6.09. The van der Waals surface area contributed by atoms with Gasteiger partial charge in [0.2, 0.25) is 5.91 Å². The zero-order valence-corrected chi connectivity index (χ0v) is 15.1. The van der Waals surface area contributed by atoms with E-state index in [9.17, 15) is 14.9 Å². The van der Waals surface area contributed by atoms with Crippen molar-refractivity contribution in [2.45, 2.75) is 46.6 Å². The molecule has 1 aromatic heterocycles. The van der Waals surface area contributed by atoms with Gasteiger partial charge in [-0.2, -0.15) is 10.4 Å². The number of hydrogen-bond acceptors (Lipinski definition) is 5. The Morgan fingerprint density at radius 1 is 1.38 bits per heavy atom. The van der Waals surface area contributed by atoms with Gasteiger partial charge in [-0.25, -0.2) is 0 Å². The third-order valence-electron chi connectivity index (χ3n) is 4.26. The number of aromatic nitrogens is 2. The van der Waals surface area contributed by atoms with Crippen LogP contribution in [0.15, 0.2) is 18.2 Å². The molecule has 8 nitrogen and oxygen atoms in total. The van der Waals surface area contributed by atoms with Gasteiger partial charge in [-0.15, -0.1) is 0 Å². The number of amides is 1. The Bertz CT molecular complexity index is 880. The number of carbonyl (C=O) groups is 1. The molecule has 1 N–H and O–H groups in total. The van der Waals surface area contributed by atoms with E-state index in [4.69, 9.17) is 5.26 Å². The van der Waals surface area contributed by atoms with Crippen molar-refractivity contribution >= 4 is 17.3 Å². The van der Waals surface area contributed by atoms with Crippen molar-refractivity contribution in [1.29, 1.82) is 5.26 Å². The number of aryl methyl sites for hydroxylation is 3. The lowest BCUT2D eigenvalue weighted by Crippen LogP contribution is -2.13. The fraction of sp³-hybridized carbons (Fsp3) is 0.389.